The van der Waals surface area contributed by atoms with E-state index in [1.807, 2.05) is 6.92 Å². The van der Waals surface area contributed by atoms with Gasteiger partial charge in [0.25, 0.3) is 0 Å². The molecule has 2 saturated heterocycles. The highest BCUT2D eigenvalue weighted by Crippen LogP contribution is 2.27. The van der Waals surface area contributed by atoms with Crippen LogP contribution >= 0.6 is 12.2 Å². The van der Waals surface area contributed by atoms with Gasteiger partial charge in [-0.15, -0.1) is 0 Å². The van der Waals surface area contributed by atoms with Gasteiger partial charge < -0.3 is 25.3 Å². The fourth-order valence-electron chi connectivity index (χ4n) is 4.34. The van der Waals surface area contributed by atoms with Crippen LogP contribution in [0.1, 0.15) is 26.7 Å². The highest BCUT2D eigenvalue weighted by atomic mass is 32.1. The van der Waals surface area contributed by atoms with Crippen molar-refractivity contribution in [1.82, 2.24) is 15.3 Å². The van der Waals surface area contributed by atoms with Crippen LogP contribution in [0.4, 0.5) is 23.3 Å². The third-order valence-electron chi connectivity index (χ3n) is 5.97. The molecule has 2 aromatic rings. The molecule has 0 radical (unpaired) electrons. The van der Waals surface area contributed by atoms with Crippen LogP contribution in [0.2, 0.25) is 0 Å². The molecule has 0 saturated carbocycles. The molecule has 0 aliphatic carbocycles. The van der Waals surface area contributed by atoms with E-state index in [2.05, 4.69) is 68.7 Å². The highest BCUT2D eigenvalue weighted by molar-refractivity contribution is 7.80. The predicted octanol–water partition coefficient (Wildman–Crippen LogP) is 3.35. The second-order valence-corrected chi connectivity index (χ2v) is 8.80. The largest absolute Gasteiger partial charge is 0.368 e. The van der Waals surface area contributed by atoms with Crippen LogP contribution in [0.3, 0.4) is 0 Å². The van der Waals surface area contributed by atoms with Gasteiger partial charge in [0.2, 0.25) is 5.95 Å². The molecule has 166 valence electrons. The Morgan fingerprint density at radius 1 is 1.00 bits per heavy atom. The normalized spacial score (nSPS) is 19.3. The van der Waals surface area contributed by atoms with E-state index in [4.69, 9.17) is 22.2 Å². The van der Waals surface area contributed by atoms with Gasteiger partial charge in [-0.3, -0.25) is 0 Å². The summed E-state index contributed by atoms with van der Waals surface area (Å²) in [5, 5.41) is 6.87. The lowest BCUT2D eigenvalue weighted by molar-refractivity contribution is 0.444. The lowest BCUT2D eigenvalue weighted by Gasteiger charge is -2.37. The number of benzene rings is 1. The lowest BCUT2D eigenvalue weighted by Crippen LogP contribution is -2.47. The Hall–Kier alpha value is -2.61. The number of nitrogens with one attached hydrogen (secondary N) is 2. The molecule has 2 aliphatic rings. The average molecular weight is 440 g/mol. The van der Waals surface area contributed by atoms with E-state index in [0.717, 1.165) is 57.4 Å². The van der Waals surface area contributed by atoms with Gasteiger partial charge in [-0.2, -0.15) is 9.97 Å². The number of nitrogens with zero attached hydrogens (tertiary/aromatic N) is 5. The Labute approximate surface area is 190 Å². The van der Waals surface area contributed by atoms with Crippen molar-refractivity contribution in [3.63, 3.8) is 0 Å². The van der Waals surface area contributed by atoms with Gasteiger partial charge in [0, 0.05) is 57.6 Å². The van der Waals surface area contributed by atoms with Crippen LogP contribution in [0.25, 0.3) is 0 Å². The molecule has 2 fully saturated rings. The summed E-state index contributed by atoms with van der Waals surface area (Å²) in [6, 6.07) is 12.8. The van der Waals surface area contributed by atoms with Crippen LogP contribution in [0.5, 0.6) is 0 Å². The number of rotatable bonds is 5. The summed E-state index contributed by atoms with van der Waals surface area (Å²) in [6.07, 6.45) is 2.49. The molecular weight excluding hydrogens is 406 g/mol. The van der Waals surface area contributed by atoms with E-state index in [1.165, 1.54) is 18.5 Å². The molecule has 0 spiro atoms. The Bertz CT molecular complexity index is 867. The zero-order valence-corrected chi connectivity index (χ0v) is 19.4. The van der Waals surface area contributed by atoms with E-state index in [1.54, 1.807) is 0 Å². The van der Waals surface area contributed by atoms with Crippen molar-refractivity contribution < 1.29 is 0 Å². The molecule has 2 N–H and O–H groups in total. The summed E-state index contributed by atoms with van der Waals surface area (Å²) in [5.74, 6) is 3.21. The van der Waals surface area contributed by atoms with Crippen molar-refractivity contribution in [3.8, 4) is 0 Å². The van der Waals surface area contributed by atoms with E-state index in [-0.39, 0.29) is 0 Å². The summed E-state index contributed by atoms with van der Waals surface area (Å²) in [4.78, 5) is 16.8. The van der Waals surface area contributed by atoms with Crippen molar-refractivity contribution in [2.45, 2.75) is 26.7 Å². The topological polar surface area (TPSA) is 59.6 Å². The maximum Gasteiger partial charge on any atom is 0.232 e. The van der Waals surface area contributed by atoms with Gasteiger partial charge in [-0.1, -0.05) is 25.1 Å². The van der Waals surface area contributed by atoms with Crippen molar-refractivity contribution in [1.29, 1.82) is 0 Å². The summed E-state index contributed by atoms with van der Waals surface area (Å²) < 4.78 is 0. The molecule has 4 rings (SSSR count). The van der Waals surface area contributed by atoms with Crippen molar-refractivity contribution in [2.24, 2.45) is 5.92 Å². The van der Waals surface area contributed by atoms with E-state index in [0.29, 0.717) is 17.0 Å². The minimum atomic E-state index is 0.562. The van der Waals surface area contributed by atoms with Gasteiger partial charge in [-0.25, -0.2) is 0 Å². The lowest BCUT2D eigenvalue weighted by atomic mass is 10.0. The third kappa shape index (κ3) is 5.55. The minimum Gasteiger partial charge on any atom is -0.368 e. The fourth-order valence-corrected chi connectivity index (χ4v) is 4.57. The minimum absolute atomic E-state index is 0.562. The number of hydrogen-bond donors (Lipinski definition) is 2. The Morgan fingerprint density at radius 2 is 1.68 bits per heavy atom. The zero-order valence-electron chi connectivity index (χ0n) is 18.5. The second kappa shape index (κ2) is 10.1. The summed E-state index contributed by atoms with van der Waals surface area (Å²) in [5.41, 5.74) is 1.28. The smallest absolute Gasteiger partial charge is 0.232 e. The van der Waals surface area contributed by atoms with Gasteiger partial charge in [-0.05, 0) is 50.0 Å². The Morgan fingerprint density at radius 3 is 2.35 bits per heavy atom. The molecule has 1 aromatic carbocycles. The quantitative estimate of drug-likeness (QED) is 0.688. The molecule has 0 bridgehead atoms. The zero-order chi connectivity index (χ0) is 21.6. The number of para-hydroxylation sites is 1. The number of piperazine rings is 1. The first kappa shape index (κ1) is 21.6. The van der Waals surface area contributed by atoms with Crippen LogP contribution in [0, 0.1) is 5.92 Å². The number of piperidine rings is 1. The summed E-state index contributed by atoms with van der Waals surface area (Å²) in [6.45, 7) is 11.0. The van der Waals surface area contributed by atoms with E-state index in [9.17, 15) is 0 Å². The van der Waals surface area contributed by atoms with Crippen molar-refractivity contribution >= 4 is 40.6 Å². The molecule has 8 heteroatoms. The number of anilines is 4. The van der Waals surface area contributed by atoms with Crippen molar-refractivity contribution in [3.05, 3.63) is 36.4 Å². The first-order valence-corrected chi connectivity index (χ1v) is 11.8. The third-order valence-corrected chi connectivity index (χ3v) is 6.21. The Kier molecular flexibility index (Phi) is 7.06. The molecule has 7 nitrogen and oxygen atoms in total. The highest BCUT2D eigenvalue weighted by Gasteiger charge is 2.23. The SMILES string of the molecule is CCNC(=S)Nc1nc(N2CCN(c3ccccc3)CC2)cc(N2CCC[C@@H](C)C2)n1. The Balaban J connectivity index is 1.53. The molecule has 2 aliphatic heterocycles. The molecule has 1 aromatic heterocycles. The maximum atomic E-state index is 5.39. The van der Waals surface area contributed by atoms with E-state index >= 15 is 0 Å². The van der Waals surface area contributed by atoms with Crippen LogP contribution in [-0.2, 0) is 0 Å². The monoisotopic (exact) mass is 439 g/mol. The molecule has 31 heavy (non-hydrogen) atoms. The molecule has 3 heterocycles. The second-order valence-electron chi connectivity index (χ2n) is 8.40. The molecule has 1 atom stereocenters. The van der Waals surface area contributed by atoms with Gasteiger partial charge in [0.15, 0.2) is 5.11 Å². The standard InChI is InChI=1S/C23H33N7S/c1-3-24-23(31)27-22-25-20(16-21(26-22)30-11-7-8-18(2)17-30)29-14-12-28(13-15-29)19-9-5-4-6-10-19/h4-6,9-10,16,18H,3,7-8,11-15,17H2,1-2H3,(H2,24,25,26,27,31)/t18-/m1/s1. The molecule has 0 unspecified atom stereocenters. The first-order chi connectivity index (χ1) is 15.1. The molecular formula is C23H33N7S. The van der Waals surface area contributed by atoms with Gasteiger partial charge in [0.05, 0.1) is 0 Å². The van der Waals surface area contributed by atoms with Gasteiger partial charge in [0.1, 0.15) is 11.6 Å². The van der Waals surface area contributed by atoms with Crippen LogP contribution in [0.15, 0.2) is 36.4 Å². The predicted molar refractivity (Wildman–Crippen MR) is 133 cm³/mol. The number of hydrogen-bond acceptors (Lipinski definition) is 6. The van der Waals surface area contributed by atoms with Crippen LogP contribution < -0.4 is 25.3 Å². The van der Waals surface area contributed by atoms with E-state index < -0.39 is 0 Å². The summed E-state index contributed by atoms with van der Waals surface area (Å²) >= 11 is 5.39. The van der Waals surface area contributed by atoms with Crippen molar-refractivity contribution in [2.75, 3.05) is 65.8 Å². The molecule has 0 amide bonds. The van der Waals surface area contributed by atoms with Gasteiger partial charge >= 0.3 is 0 Å². The van der Waals surface area contributed by atoms with Crippen LogP contribution in [-0.4, -0.2) is 60.9 Å². The maximum absolute atomic E-state index is 5.39. The number of aromatic nitrogens is 2. The average Bonchev–Trinajstić information content (AvgIpc) is 2.80. The number of thiocarbonyl (C=S) groups is 1. The first-order valence-electron chi connectivity index (χ1n) is 11.4. The fraction of sp³-hybridized carbons (Fsp3) is 0.522. The summed E-state index contributed by atoms with van der Waals surface area (Å²) in [7, 11) is 0.